The number of benzene rings is 1. The van der Waals surface area contributed by atoms with Crippen LogP contribution >= 0.6 is 0 Å². The largest absolute Gasteiger partial charge is 0.337 e. The second-order valence-corrected chi connectivity index (χ2v) is 8.52. The Bertz CT molecular complexity index is 887. The first-order valence-electron chi connectivity index (χ1n) is 10.1. The molecule has 1 aromatic carbocycles. The summed E-state index contributed by atoms with van der Waals surface area (Å²) < 4.78 is 0. The third-order valence-corrected chi connectivity index (χ3v) is 6.30. The molecule has 2 bridgehead atoms. The van der Waals surface area contributed by atoms with Crippen LogP contribution in [0.15, 0.2) is 18.2 Å². The Morgan fingerprint density at radius 3 is 2.69 bits per heavy atom. The molecule has 2 unspecified atom stereocenters. The van der Waals surface area contributed by atoms with Gasteiger partial charge in [-0.15, -0.1) is 0 Å². The highest BCUT2D eigenvalue weighted by atomic mass is 16.2. The quantitative estimate of drug-likeness (QED) is 0.899. The van der Waals surface area contributed by atoms with Gasteiger partial charge in [-0.1, -0.05) is 11.6 Å². The molecule has 1 N–H and O–H groups in total. The molecule has 4 nitrogen and oxygen atoms in total. The molecule has 5 rings (SSSR count). The van der Waals surface area contributed by atoms with Gasteiger partial charge in [0.1, 0.15) is 0 Å². The number of likely N-dealkylation sites (tertiary alicyclic amines) is 1. The minimum absolute atomic E-state index is 0.193. The van der Waals surface area contributed by atoms with Crippen molar-refractivity contribution in [2.24, 2.45) is 0 Å². The molecule has 3 aliphatic rings. The van der Waals surface area contributed by atoms with Crippen molar-refractivity contribution in [1.29, 1.82) is 0 Å². The van der Waals surface area contributed by atoms with E-state index in [0.29, 0.717) is 18.0 Å². The Balaban J connectivity index is 1.59. The van der Waals surface area contributed by atoms with Gasteiger partial charge in [0.25, 0.3) is 5.91 Å². The lowest BCUT2D eigenvalue weighted by Crippen LogP contribution is -2.39. The highest BCUT2D eigenvalue weighted by molar-refractivity contribution is 6.07. The Kier molecular flexibility index (Phi) is 3.78. The van der Waals surface area contributed by atoms with Crippen LogP contribution < -0.4 is 5.32 Å². The number of hydrogen-bond donors (Lipinski definition) is 1. The summed E-state index contributed by atoms with van der Waals surface area (Å²) >= 11 is 0. The fourth-order valence-electron chi connectivity index (χ4n) is 4.76. The van der Waals surface area contributed by atoms with Gasteiger partial charge >= 0.3 is 0 Å². The molecule has 2 atom stereocenters. The topological polar surface area (TPSA) is 45.2 Å². The maximum Gasteiger partial charge on any atom is 0.254 e. The molecule has 2 saturated heterocycles. The molecule has 3 fully saturated rings. The number of amides is 1. The van der Waals surface area contributed by atoms with Gasteiger partial charge in [0, 0.05) is 42.2 Å². The van der Waals surface area contributed by atoms with Crippen molar-refractivity contribution in [2.75, 3.05) is 13.1 Å². The Hall–Kier alpha value is -1.94. The first-order chi connectivity index (χ1) is 12.6. The van der Waals surface area contributed by atoms with Crippen LogP contribution in [0, 0.1) is 13.8 Å². The summed E-state index contributed by atoms with van der Waals surface area (Å²) in [5.74, 6) is 0.743. The number of aryl methyl sites for hydroxylation is 2. The van der Waals surface area contributed by atoms with Crippen molar-refractivity contribution in [3.8, 4) is 0 Å². The maximum absolute atomic E-state index is 13.5. The number of rotatable bonds is 2. The van der Waals surface area contributed by atoms with Crippen molar-refractivity contribution in [3.05, 3.63) is 40.6 Å². The Morgan fingerprint density at radius 1 is 1.08 bits per heavy atom. The average molecular weight is 349 g/mol. The highest BCUT2D eigenvalue weighted by Crippen LogP contribution is 2.41. The molecular formula is C22H27N3O. The minimum Gasteiger partial charge on any atom is -0.337 e. The van der Waals surface area contributed by atoms with Crippen LogP contribution in [0.5, 0.6) is 0 Å². The molecule has 1 aromatic heterocycles. The van der Waals surface area contributed by atoms with Crippen LogP contribution in [0.1, 0.15) is 65.2 Å². The minimum atomic E-state index is 0.193. The summed E-state index contributed by atoms with van der Waals surface area (Å²) in [6, 6.07) is 7.47. The number of carbonyl (C=O) groups excluding carboxylic acids is 1. The molecule has 2 aliphatic heterocycles. The third-order valence-electron chi connectivity index (χ3n) is 6.30. The van der Waals surface area contributed by atoms with E-state index in [0.717, 1.165) is 41.7 Å². The predicted molar refractivity (Wildman–Crippen MR) is 104 cm³/mol. The second-order valence-electron chi connectivity index (χ2n) is 8.52. The van der Waals surface area contributed by atoms with Gasteiger partial charge in [0.2, 0.25) is 0 Å². The molecule has 26 heavy (non-hydrogen) atoms. The summed E-state index contributed by atoms with van der Waals surface area (Å²) in [7, 11) is 0. The fourth-order valence-corrected chi connectivity index (χ4v) is 4.76. The van der Waals surface area contributed by atoms with E-state index in [1.165, 1.54) is 36.8 Å². The number of carbonyl (C=O) groups is 1. The van der Waals surface area contributed by atoms with E-state index in [1.807, 2.05) is 0 Å². The van der Waals surface area contributed by atoms with Gasteiger partial charge in [0.05, 0.1) is 11.1 Å². The third kappa shape index (κ3) is 2.81. The molecule has 1 saturated carbocycles. The second kappa shape index (κ2) is 6.05. The zero-order valence-corrected chi connectivity index (χ0v) is 15.7. The number of nitrogens with zero attached hydrogens (tertiary/aromatic N) is 2. The standard InChI is InChI=1S/C22H27N3O/c1-13-9-14(2)21-18(10-13)19(11-20(24-21)15-3-4-15)22(26)25-8-7-16-5-6-17(12-25)23-16/h9-11,15-17,23H,3-8,12H2,1-2H3. The zero-order valence-electron chi connectivity index (χ0n) is 15.7. The van der Waals surface area contributed by atoms with Crippen molar-refractivity contribution in [2.45, 2.75) is 64.0 Å². The summed E-state index contributed by atoms with van der Waals surface area (Å²) in [4.78, 5) is 20.6. The SMILES string of the molecule is Cc1cc(C)c2nc(C3CC3)cc(C(=O)N3CCC4CCC(C3)N4)c2c1. The average Bonchev–Trinajstić information content (AvgIpc) is 3.38. The predicted octanol–water partition coefficient (Wildman–Crippen LogP) is 3.70. The van der Waals surface area contributed by atoms with E-state index in [2.05, 4.69) is 42.3 Å². The highest BCUT2D eigenvalue weighted by Gasteiger charge is 2.33. The van der Waals surface area contributed by atoms with Gasteiger partial charge in [-0.05, 0) is 63.6 Å². The van der Waals surface area contributed by atoms with Crippen LogP contribution in [0.3, 0.4) is 0 Å². The van der Waals surface area contributed by atoms with Gasteiger partial charge in [0.15, 0.2) is 0 Å². The van der Waals surface area contributed by atoms with Gasteiger partial charge in [-0.25, -0.2) is 0 Å². The van der Waals surface area contributed by atoms with E-state index >= 15 is 0 Å². The van der Waals surface area contributed by atoms with E-state index in [-0.39, 0.29) is 5.91 Å². The van der Waals surface area contributed by atoms with Crippen LogP contribution in [0.4, 0.5) is 0 Å². The first kappa shape index (κ1) is 16.2. The molecule has 0 radical (unpaired) electrons. The van der Waals surface area contributed by atoms with E-state index < -0.39 is 0 Å². The molecule has 3 heterocycles. The summed E-state index contributed by atoms with van der Waals surface area (Å²) in [5, 5.41) is 4.70. The number of nitrogens with one attached hydrogen (secondary N) is 1. The molecule has 4 heteroatoms. The number of hydrogen-bond acceptors (Lipinski definition) is 3. The van der Waals surface area contributed by atoms with E-state index in [4.69, 9.17) is 4.98 Å². The lowest BCUT2D eigenvalue weighted by molar-refractivity contribution is 0.0750. The van der Waals surface area contributed by atoms with Crippen LogP contribution in [-0.4, -0.2) is 41.0 Å². The van der Waals surface area contributed by atoms with Crippen LogP contribution in [0.2, 0.25) is 0 Å². The monoisotopic (exact) mass is 349 g/mol. The van der Waals surface area contributed by atoms with Crippen molar-refractivity contribution >= 4 is 16.8 Å². The van der Waals surface area contributed by atoms with Crippen LogP contribution in [0.25, 0.3) is 10.9 Å². The Morgan fingerprint density at radius 2 is 1.88 bits per heavy atom. The molecule has 0 spiro atoms. The van der Waals surface area contributed by atoms with Crippen molar-refractivity contribution in [3.63, 3.8) is 0 Å². The smallest absolute Gasteiger partial charge is 0.254 e. The van der Waals surface area contributed by atoms with Crippen molar-refractivity contribution in [1.82, 2.24) is 15.2 Å². The first-order valence-corrected chi connectivity index (χ1v) is 10.1. The number of aromatic nitrogens is 1. The van der Waals surface area contributed by atoms with Crippen LogP contribution in [-0.2, 0) is 0 Å². The molecule has 1 amide bonds. The fraction of sp³-hybridized carbons (Fsp3) is 0.545. The lowest BCUT2D eigenvalue weighted by atomic mass is 9.99. The number of fused-ring (bicyclic) bond motifs is 3. The molecule has 2 aromatic rings. The molecular weight excluding hydrogens is 322 g/mol. The summed E-state index contributed by atoms with van der Waals surface area (Å²) in [6.07, 6.45) is 5.92. The molecule has 136 valence electrons. The summed E-state index contributed by atoms with van der Waals surface area (Å²) in [6.45, 7) is 5.91. The number of pyridine rings is 1. The Labute approximate surface area is 155 Å². The summed E-state index contributed by atoms with van der Waals surface area (Å²) in [5.41, 5.74) is 5.36. The van der Waals surface area contributed by atoms with Gasteiger partial charge in [-0.2, -0.15) is 0 Å². The van der Waals surface area contributed by atoms with E-state index in [1.54, 1.807) is 0 Å². The van der Waals surface area contributed by atoms with Gasteiger partial charge in [-0.3, -0.25) is 9.78 Å². The lowest BCUT2D eigenvalue weighted by Gasteiger charge is -2.25. The van der Waals surface area contributed by atoms with Gasteiger partial charge < -0.3 is 10.2 Å². The normalized spacial score (nSPS) is 25.5. The maximum atomic E-state index is 13.5. The zero-order chi connectivity index (χ0) is 17.8. The van der Waals surface area contributed by atoms with Crippen molar-refractivity contribution < 1.29 is 4.79 Å². The molecule has 1 aliphatic carbocycles. The van der Waals surface area contributed by atoms with E-state index in [9.17, 15) is 4.79 Å².